The molecule has 1 N–H and O–H groups in total. The second kappa shape index (κ2) is 7.33. The number of nitrogens with one attached hydrogen (secondary N) is 1. The molecule has 1 amide bonds. The molecule has 0 saturated carbocycles. The number of hydrogen-bond acceptors (Lipinski definition) is 2. The zero-order valence-electron chi connectivity index (χ0n) is 12.7. The molecule has 2 rings (SSSR count). The third-order valence-electron chi connectivity index (χ3n) is 3.37. The predicted molar refractivity (Wildman–Crippen MR) is 80.0 cm³/mol. The van der Waals surface area contributed by atoms with Crippen LogP contribution in [0.1, 0.15) is 24.1 Å². The van der Waals surface area contributed by atoms with Crippen molar-refractivity contribution in [2.75, 3.05) is 0 Å². The standard InChI is InChI=1S/C17H15F4NO2/c1-11(13-9-5-6-10-14(13)24-16(18)19)22-15(23)17(20,21)12-7-3-2-4-8-12/h2-11,16H,1H3,(H,22,23)/t11-/m0/s1. The monoisotopic (exact) mass is 341 g/mol. The lowest BCUT2D eigenvalue weighted by atomic mass is 10.0. The van der Waals surface area contributed by atoms with Gasteiger partial charge in [-0.25, -0.2) is 0 Å². The third-order valence-corrected chi connectivity index (χ3v) is 3.37. The molecule has 24 heavy (non-hydrogen) atoms. The first-order valence-electron chi connectivity index (χ1n) is 7.10. The molecule has 0 saturated heterocycles. The van der Waals surface area contributed by atoms with Crippen molar-refractivity contribution in [1.29, 1.82) is 0 Å². The maximum Gasteiger partial charge on any atom is 0.387 e. The Labute approximate surface area is 136 Å². The van der Waals surface area contributed by atoms with Gasteiger partial charge < -0.3 is 10.1 Å². The van der Waals surface area contributed by atoms with Crippen LogP contribution in [0.25, 0.3) is 0 Å². The van der Waals surface area contributed by atoms with Crippen molar-refractivity contribution in [3.63, 3.8) is 0 Å². The molecule has 0 spiro atoms. The summed E-state index contributed by atoms with van der Waals surface area (Å²) in [5.74, 6) is -5.44. The highest BCUT2D eigenvalue weighted by Gasteiger charge is 2.41. The van der Waals surface area contributed by atoms with E-state index in [1.54, 1.807) is 6.07 Å². The number of rotatable bonds is 6. The highest BCUT2D eigenvalue weighted by atomic mass is 19.3. The van der Waals surface area contributed by atoms with Crippen LogP contribution in [0.2, 0.25) is 0 Å². The van der Waals surface area contributed by atoms with Gasteiger partial charge in [-0.3, -0.25) is 4.79 Å². The Balaban J connectivity index is 2.18. The highest BCUT2D eigenvalue weighted by Crippen LogP contribution is 2.31. The van der Waals surface area contributed by atoms with Crippen molar-refractivity contribution in [3.8, 4) is 5.75 Å². The molecule has 128 valence electrons. The molecule has 3 nitrogen and oxygen atoms in total. The molecule has 7 heteroatoms. The van der Waals surface area contributed by atoms with Crippen LogP contribution in [0, 0.1) is 0 Å². The van der Waals surface area contributed by atoms with Crippen LogP contribution in [0.5, 0.6) is 5.75 Å². The quantitative estimate of drug-likeness (QED) is 0.798. The number of carbonyl (C=O) groups excluding carboxylic acids is 1. The maximum absolute atomic E-state index is 14.2. The summed E-state index contributed by atoms with van der Waals surface area (Å²) in [6.07, 6.45) is 0. The molecule has 2 aromatic rings. The Bertz CT molecular complexity index is 692. The maximum atomic E-state index is 14.2. The summed E-state index contributed by atoms with van der Waals surface area (Å²) in [5, 5.41) is 2.13. The van der Waals surface area contributed by atoms with Gasteiger partial charge in [0.05, 0.1) is 6.04 Å². The van der Waals surface area contributed by atoms with E-state index in [9.17, 15) is 22.4 Å². The summed E-state index contributed by atoms with van der Waals surface area (Å²) in [6, 6.07) is 11.4. The van der Waals surface area contributed by atoms with Crippen molar-refractivity contribution >= 4 is 5.91 Å². The molecule has 0 unspecified atom stereocenters. The highest BCUT2D eigenvalue weighted by molar-refractivity contribution is 5.85. The van der Waals surface area contributed by atoms with Gasteiger partial charge in [-0.2, -0.15) is 17.6 Å². The largest absolute Gasteiger partial charge is 0.434 e. The average Bonchev–Trinajstić information content (AvgIpc) is 2.55. The fraction of sp³-hybridized carbons (Fsp3) is 0.235. The van der Waals surface area contributed by atoms with E-state index in [2.05, 4.69) is 10.1 Å². The Morgan fingerprint density at radius 1 is 1.04 bits per heavy atom. The van der Waals surface area contributed by atoms with Gasteiger partial charge in [-0.15, -0.1) is 0 Å². The molecule has 1 atom stereocenters. The van der Waals surface area contributed by atoms with Gasteiger partial charge in [-0.1, -0.05) is 48.5 Å². The summed E-state index contributed by atoms with van der Waals surface area (Å²) in [7, 11) is 0. The van der Waals surface area contributed by atoms with E-state index in [0.29, 0.717) is 0 Å². The molecule has 2 aromatic carbocycles. The van der Waals surface area contributed by atoms with E-state index in [1.807, 2.05) is 0 Å². The summed E-state index contributed by atoms with van der Waals surface area (Å²) in [6.45, 7) is -1.65. The topological polar surface area (TPSA) is 38.3 Å². The molecule has 0 aliphatic heterocycles. The minimum absolute atomic E-state index is 0.176. The van der Waals surface area contributed by atoms with Crippen LogP contribution in [0.15, 0.2) is 54.6 Å². The van der Waals surface area contributed by atoms with Gasteiger partial charge in [-0.05, 0) is 13.0 Å². The minimum Gasteiger partial charge on any atom is -0.434 e. The first kappa shape index (κ1) is 17.8. The van der Waals surface area contributed by atoms with Crippen LogP contribution >= 0.6 is 0 Å². The lowest BCUT2D eigenvalue weighted by molar-refractivity contribution is -0.147. The van der Waals surface area contributed by atoms with Crippen LogP contribution in [-0.4, -0.2) is 12.5 Å². The van der Waals surface area contributed by atoms with Crippen molar-refractivity contribution in [2.24, 2.45) is 0 Å². The fourth-order valence-corrected chi connectivity index (χ4v) is 2.19. The first-order chi connectivity index (χ1) is 11.3. The van der Waals surface area contributed by atoms with Gasteiger partial charge in [0.15, 0.2) is 0 Å². The van der Waals surface area contributed by atoms with Crippen LogP contribution in [-0.2, 0) is 10.7 Å². The Hall–Kier alpha value is -2.57. The van der Waals surface area contributed by atoms with E-state index in [1.165, 1.54) is 43.3 Å². The van der Waals surface area contributed by atoms with Crippen LogP contribution in [0.3, 0.4) is 0 Å². The molecule has 0 bridgehead atoms. The van der Waals surface area contributed by atoms with Crippen molar-refractivity contribution in [1.82, 2.24) is 5.32 Å². The summed E-state index contributed by atoms with van der Waals surface area (Å²) < 4.78 is 57.5. The number of alkyl halides is 4. The predicted octanol–water partition coefficient (Wildman–Crippen LogP) is 4.26. The van der Waals surface area contributed by atoms with Crippen molar-refractivity contribution in [2.45, 2.75) is 25.5 Å². The molecule has 0 heterocycles. The average molecular weight is 341 g/mol. The van der Waals surface area contributed by atoms with E-state index in [4.69, 9.17) is 0 Å². The van der Waals surface area contributed by atoms with E-state index >= 15 is 0 Å². The summed E-state index contributed by atoms with van der Waals surface area (Å²) in [4.78, 5) is 11.9. The lowest BCUT2D eigenvalue weighted by Crippen LogP contribution is -2.39. The number of hydrogen-bond donors (Lipinski definition) is 1. The second-order valence-electron chi connectivity index (χ2n) is 5.05. The molecule has 0 aliphatic carbocycles. The molecule has 0 aliphatic rings. The number of para-hydroxylation sites is 1. The number of amides is 1. The van der Waals surface area contributed by atoms with Crippen LogP contribution in [0.4, 0.5) is 17.6 Å². The van der Waals surface area contributed by atoms with Gasteiger partial charge >= 0.3 is 12.5 Å². The zero-order chi connectivity index (χ0) is 17.7. The zero-order valence-corrected chi connectivity index (χ0v) is 12.7. The van der Waals surface area contributed by atoms with E-state index in [0.717, 1.165) is 12.1 Å². The third kappa shape index (κ3) is 4.04. The molecule has 0 fully saturated rings. The first-order valence-corrected chi connectivity index (χ1v) is 7.10. The lowest BCUT2D eigenvalue weighted by Gasteiger charge is -2.22. The van der Waals surface area contributed by atoms with Crippen molar-refractivity contribution < 1.29 is 27.1 Å². The Kier molecular flexibility index (Phi) is 5.43. The fourth-order valence-electron chi connectivity index (χ4n) is 2.19. The Morgan fingerprint density at radius 3 is 2.25 bits per heavy atom. The van der Waals surface area contributed by atoms with E-state index < -0.39 is 30.0 Å². The minimum atomic E-state index is -3.74. The molecular weight excluding hydrogens is 326 g/mol. The van der Waals surface area contributed by atoms with Gasteiger partial charge in [0, 0.05) is 11.1 Å². The normalized spacial score (nSPS) is 12.8. The number of carbonyl (C=O) groups is 1. The van der Waals surface area contributed by atoms with E-state index in [-0.39, 0.29) is 11.3 Å². The molecule has 0 aromatic heterocycles. The second-order valence-corrected chi connectivity index (χ2v) is 5.05. The number of halogens is 4. The van der Waals surface area contributed by atoms with Crippen LogP contribution < -0.4 is 10.1 Å². The molecular formula is C17H15F4NO2. The SMILES string of the molecule is C[C@H](NC(=O)C(F)(F)c1ccccc1)c1ccccc1OC(F)F. The van der Waals surface area contributed by atoms with Crippen molar-refractivity contribution in [3.05, 3.63) is 65.7 Å². The van der Waals surface area contributed by atoms with Gasteiger partial charge in [0.1, 0.15) is 5.75 Å². The summed E-state index contributed by atoms with van der Waals surface area (Å²) in [5.41, 5.74) is -0.276. The summed E-state index contributed by atoms with van der Waals surface area (Å²) >= 11 is 0. The number of benzene rings is 2. The smallest absolute Gasteiger partial charge is 0.387 e. The van der Waals surface area contributed by atoms with Gasteiger partial charge in [0.25, 0.3) is 5.91 Å². The number of ether oxygens (including phenoxy) is 1. The molecule has 0 radical (unpaired) electrons. The Morgan fingerprint density at radius 2 is 1.62 bits per heavy atom. The van der Waals surface area contributed by atoms with Gasteiger partial charge in [0.2, 0.25) is 0 Å².